The number of nitrogens with zero attached hydrogens (tertiary/aromatic N) is 4. The molecule has 1 aliphatic heterocycles. The number of rotatable bonds is 11. The van der Waals surface area contributed by atoms with Crippen molar-refractivity contribution in [2.45, 2.75) is 50.1 Å². The lowest BCUT2D eigenvalue weighted by Crippen LogP contribution is -2.38. The van der Waals surface area contributed by atoms with Crippen molar-refractivity contribution < 1.29 is 24.0 Å². The molecule has 0 spiro atoms. The first-order valence-electron chi connectivity index (χ1n) is 10.5. The highest BCUT2D eigenvalue weighted by atomic mass is 32.2. The molecule has 1 heterocycles. The third kappa shape index (κ3) is 8.11. The summed E-state index contributed by atoms with van der Waals surface area (Å²) in [6, 6.07) is 5.07. The molecule has 1 aromatic rings. The number of carbonyl (C=O) groups excluding carboxylic acids is 3. The fourth-order valence-corrected chi connectivity index (χ4v) is 4.99. The zero-order chi connectivity index (χ0) is 25.3. The maximum atomic E-state index is 12.6. The number of hydrogen-bond acceptors (Lipinski definition) is 9. The number of thioether (sulfide) groups is 1. The topological polar surface area (TPSA) is 160 Å². The van der Waals surface area contributed by atoms with E-state index in [0.29, 0.717) is 30.0 Å². The lowest BCUT2D eigenvalue weighted by atomic mass is 10.2. The van der Waals surface area contributed by atoms with E-state index in [2.05, 4.69) is 12.6 Å². The van der Waals surface area contributed by atoms with Gasteiger partial charge in [-0.25, -0.2) is 9.69 Å². The summed E-state index contributed by atoms with van der Waals surface area (Å²) in [5.74, 6) is 0.0414. The molecule has 3 amide bonds. The molecule has 184 valence electrons. The lowest BCUT2D eigenvalue weighted by Gasteiger charge is -2.24. The van der Waals surface area contributed by atoms with Crippen LogP contribution < -0.4 is 5.73 Å². The van der Waals surface area contributed by atoms with Gasteiger partial charge >= 0.3 is 6.09 Å². The number of nitrogens with two attached hydrogens (primary N) is 1. The van der Waals surface area contributed by atoms with Crippen LogP contribution in [-0.4, -0.2) is 68.0 Å². The third-order valence-electron chi connectivity index (χ3n) is 5.22. The average Bonchev–Trinajstić information content (AvgIpc) is 3.15. The second kappa shape index (κ2) is 13.0. The number of nitriles is 1. The van der Waals surface area contributed by atoms with Gasteiger partial charge in [-0.15, -0.1) is 0 Å². The third-order valence-corrected chi connectivity index (χ3v) is 6.71. The Bertz CT molecular complexity index is 939. The van der Waals surface area contributed by atoms with Crippen molar-refractivity contribution in [3.05, 3.63) is 39.9 Å². The Hall–Kier alpha value is -2.98. The number of amides is 3. The maximum absolute atomic E-state index is 12.6. The van der Waals surface area contributed by atoms with E-state index in [1.165, 1.54) is 36.0 Å². The largest absolute Gasteiger partial charge is 0.445 e. The summed E-state index contributed by atoms with van der Waals surface area (Å²) in [6.07, 6.45) is 2.02. The first-order chi connectivity index (χ1) is 16.1. The standard InChI is InChI=1S/C21H27N5O6S2/c1-14(8-19(23)27)25(13-22)20(28)6-7-34-12-17-9-18(33)10-24(17)21(29)32-11-15-2-4-16(5-3-15)26(30)31/h2-5,14,17-18,33H,6-12H2,1H3,(H2,23,27). The minimum Gasteiger partial charge on any atom is -0.445 e. The van der Waals surface area contributed by atoms with Crippen molar-refractivity contribution >= 4 is 48.0 Å². The predicted octanol–water partition coefficient (Wildman–Crippen LogP) is 2.30. The molecule has 0 radical (unpaired) electrons. The Labute approximate surface area is 207 Å². The number of ether oxygens (including phenoxy) is 1. The van der Waals surface area contributed by atoms with E-state index in [1.807, 2.05) is 0 Å². The van der Waals surface area contributed by atoms with Gasteiger partial charge in [-0.1, -0.05) is 0 Å². The highest BCUT2D eigenvalue weighted by Crippen LogP contribution is 2.26. The quantitative estimate of drug-likeness (QED) is 0.115. The molecule has 34 heavy (non-hydrogen) atoms. The smallest absolute Gasteiger partial charge is 0.410 e. The first kappa shape index (κ1) is 27.3. The van der Waals surface area contributed by atoms with Crippen LogP contribution in [0.15, 0.2) is 24.3 Å². The van der Waals surface area contributed by atoms with Crippen molar-refractivity contribution in [2.75, 3.05) is 18.1 Å². The number of likely N-dealkylation sites (tertiary alicyclic amines) is 1. The molecule has 1 aliphatic rings. The van der Waals surface area contributed by atoms with Gasteiger partial charge in [-0.3, -0.25) is 19.7 Å². The molecule has 0 bridgehead atoms. The van der Waals surface area contributed by atoms with E-state index < -0.39 is 23.0 Å². The van der Waals surface area contributed by atoms with E-state index in [4.69, 9.17) is 10.5 Å². The molecular formula is C21H27N5O6S2. The van der Waals surface area contributed by atoms with Gasteiger partial charge in [0.1, 0.15) is 6.61 Å². The fraction of sp³-hybridized carbons (Fsp3) is 0.524. The van der Waals surface area contributed by atoms with Gasteiger partial charge in [0.05, 0.1) is 11.0 Å². The van der Waals surface area contributed by atoms with Crippen LogP contribution in [-0.2, 0) is 20.9 Å². The number of hydrogen-bond donors (Lipinski definition) is 2. The Balaban J connectivity index is 1.80. The van der Waals surface area contributed by atoms with Crippen molar-refractivity contribution in [1.82, 2.24) is 9.80 Å². The van der Waals surface area contributed by atoms with Crippen LogP contribution in [0.25, 0.3) is 0 Å². The van der Waals surface area contributed by atoms with Gasteiger partial charge in [-0.05, 0) is 31.0 Å². The van der Waals surface area contributed by atoms with E-state index in [0.717, 1.165) is 4.90 Å². The number of nitro benzene ring substituents is 1. The van der Waals surface area contributed by atoms with Crippen LogP contribution in [0.2, 0.25) is 0 Å². The molecule has 11 nitrogen and oxygen atoms in total. The molecule has 1 aromatic carbocycles. The summed E-state index contributed by atoms with van der Waals surface area (Å²) in [4.78, 5) is 48.7. The summed E-state index contributed by atoms with van der Waals surface area (Å²) < 4.78 is 5.38. The summed E-state index contributed by atoms with van der Waals surface area (Å²) in [6.45, 7) is 2.01. The van der Waals surface area contributed by atoms with Gasteiger partial charge in [0.25, 0.3) is 5.69 Å². The number of non-ortho nitro benzene ring substituents is 1. The minimum absolute atomic E-state index is 0.00267. The first-order valence-corrected chi connectivity index (χ1v) is 12.2. The van der Waals surface area contributed by atoms with Crippen LogP contribution >= 0.6 is 24.4 Å². The zero-order valence-electron chi connectivity index (χ0n) is 18.7. The molecule has 0 saturated carbocycles. The molecule has 2 rings (SSSR count). The zero-order valence-corrected chi connectivity index (χ0v) is 20.4. The van der Waals surface area contributed by atoms with Crippen LogP contribution in [0.4, 0.5) is 10.5 Å². The highest BCUT2D eigenvalue weighted by molar-refractivity contribution is 7.99. The summed E-state index contributed by atoms with van der Waals surface area (Å²) >= 11 is 5.96. The van der Waals surface area contributed by atoms with Gasteiger partial charge < -0.3 is 15.4 Å². The van der Waals surface area contributed by atoms with Crippen molar-refractivity contribution in [2.24, 2.45) is 5.73 Å². The summed E-state index contributed by atoms with van der Waals surface area (Å²) in [5, 5.41) is 19.9. The molecule has 0 aliphatic carbocycles. The Morgan fingerprint density at radius 3 is 2.68 bits per heavy atom. The molecule has 3 atom stereocenters. The summed E-state index contributed by atoms with van der Waals surface area (Å²) in [7, 11) is 0. The molecule has 3 unspecified atom stereocenters. The van der Waals surface area contributed by atoms with Crippen LogP contribution in [0.3, 0.4) is 0 Å². The summed E-state index contributed by atoms with van der Waals surface area (Å²) in [5.41, 5.74) is 5.73. The number of nitro groups is 1. The van der Waals surface area contributed by atoms with Gasteiger partial charge in [0.15, 0.2) is 6.19 Å². The average molecular weight is 510 g/mol. The number of benzene rings is 1. The van der Waals surface area contributed by atoms with Crippen LogP contribution in [0.1, 0.15) is 31.7 Å². The Morgan fingerprint density at radius 2 is 2.09 bits per heavy atom. The van der Waals surface area contributed by atoms with Crippen molar-refractivity contribution in [3.63, 3.8) is 0 Å². The van der Waals surface area contributed by atoms with E-state index in [-0.39, 0.29) is 42.3 Å². The van der Waals surface area contributed by atoms with E-state index in [1.54, 1.807) is 18.0 Å². The molecule has 0 aromatic heterocycles. The van der Waals surface area contributed by atoms with E-state index >= 15 is 0 Å². The Morgan fingerprint density at radius 1 is 1.41 bits per heavy atom. The second-order valence-electron chi connectivity index (χ2n) is 7.88. The SMILES string of the molecule is CC(CC(N)=O)N(C#N)C(=O)CCSCC1CC(S)CN1C(=O)OCc1ccc([N+](=O)[O-])cc1. The molecule has 1 fully saturated rings. The van der Waals surface area contributed by atoms with Crippen molar-refractivity contribution in [3.8, 4) is 6.19 Å². The molecule has 2 N–H and O–H groups in total. The number of primary amides is 1. The molecular weight excluding hydrogens is 482 g/mol. The predicted molar refractivity (Wildman–Crippen MR) is 129 cm³/mol. The van der Waals surface area contributed by atoms with Gasteiger partial charge in [0, 0.05) is 54.3 Å². The van der Waals surface area contributed by atoms with Crippen LogP contribution in [0.5, 0.6) is 0 Å². The van der Waals surface area contributed by atoms with Gasteiger partial charge in [0.2, 0.25) is 11.8 Å². The number of carbonyl (C=O) groups is 3. The Kier molecular flexibility index (Phi) is 10.5. The maximum Gasteiger partial charge on any atom is 0.410 e. The second-order valence-corrected chi connectivity index (χ2v) is 9.76. The van der Waals surface area contributed by atoms with E-state index in [9.17, 15) is 29.8 Å². The normalized spacial score (nSPS) is 18.1. The van der Waals surface area contributed by atoms with Crippen LogP contribution in [0, 0.1) is 21.6 Å². The number of thiol groups is 1. The highest BCUT2D eigenvalue weighted by Gasteiger charge is 2.34. The monoisotopic (exact) mass is 509 g/mol. The lowest BCUT2D eigenvalue weighted by molar-refractivity contribution is -0.384. The van der Waals surface area contributed by atoms with Crippen molar-refractivity contribution in [1.29, 1.82) is 5.26 Å². The molecule has 1 saturated heterocycles. The minimum atomic E-state index is -0.596. The van der Waals surface area contributed by atoms with Gasteiger partial charge in [-0.2, -0.15) is 29.7 Å². The molecule has 13 heteroatoms. The fourth-order valence-electron chi connectivity index (χ4n) is 3.50.